The first-order chi connectivity index (χ1) is 14.1. The van der Waals surface area contributed by atoms with Gasteiger partial charge in [0.05, 0.1) is 5.54 Å². The number of nitrogens with zero attached hydrogens (tertiary/aromatic N) is 5. The number of thiophene rings is 1. The average Bonchev–Trinajstić information content (AvgIpc) is 3.43. The zero-order valence-corrected chi connectivity index (χ0v) is 18.5. The van der Waals surface area contributed by atoms with Gasteiger partial charge in [0.15, 0.2) is 5.82 Å². The normalized spacial score (nSPS) is 17.5. The summed E-state index contributed by atoms with van der Waals surface area (Å²) in [5.74, 6) is 1.72. The van der Waals surface area contributed by atoms with Crippen LogP contribution in [0, 0.1) is 5.92 Å². The quantitative estimate of drug-likeness (QED) is 0.555. The highest BCUT2D eigenvalue weighted by molar-refractivity contribution is 7.10. The van der Waals surface area contributed by atoms with Crippen molar-refractivity contribution in [2.75, 3.05) is 13.1 Å². The molecule has 0 N–H and O–H groups in total. The number of likely N-dealkylation sites (tertiary alicyclic amines) is 1. The van der Waals surface area contributed by atoms with Crippen molar-refractivity contribution in [1.82, 2.24) is 25.1 Å². The number of aromatic nitrogens is 4. The van der Waals surface area contributed by atoms with Gasteiger partial charge in [-0.3, -0.25) is 4.90 Å². The molecule has 0 bridgehead atoms. The predicted octanol–water partition coefficient (Wildman–Crippen LogP) is 4.92. The third-order valence-electron chi connectivity index (χ3n) is 6.37. The monoisotopic (exact) mass is 409 g/mol. The van der Waals surface area contributed by atoms with E-state index in [1.54, 1.807) is 11.3 Å². The van der Waals surface area contributed by atoms with Crippen molar-refractivity contribution < 1.29 is 0 Å². The summed E-state index contributed by atoms with van der Waals surface area (Å²) in [4.78, 5) is 3.91. The van der Waals surface area contributed by atoms with Crippen LogP contribution in [-0.4, -0.2) is 38.2 Å². The highest BCUT2D eigenvalue weighted by Gasteiger charge is 2.34. The topological polar surface area (TPSA) is 46.8 Å². The maximum atomic E-state index is 4.52. The maximum Gasteiger partial charge on any atom is 0.174 e. The minimum Gasteiger partial charge on any atom is -0.289 e. The Hall–Kier alpha value is -2.05. The van der Waals surface area contributed by atoms with Gasteiger partial charge in [-0.2, -0.15) is 0 Å². The Labute approximate surface area is 177 Å². The molecule has 6 heteroatoms. The first-order valence-corrected chi connectivity index (χ1v) is 11.6. The van der Waals surface area contributed by atoms with Crippen molar-refractivity contribution in [3.8, 4) is 0 Å². The van der Waals surface area contributed by atoms with E-state index in [0.717, 1.165) is 31.3 Å². The van der Waals surface area contributed by atoms with Gasteiger partial charge in [-0.25, -0.2) is 4.68 Å². The Kier molecular flexibility index (Phi) is 6.11. The summed E-state index contributed by atoms with van der Waals surface area (Å²) in [6.07, 6.45) is 4.60. The van der Waals surface area contributed by atoms with Crippen molar-refractivity contribution in [3.63, 3.8) is 0 Å². The highest BCUT2D eigenvalue weighted by Crippen LogP contribution is 2.36. The Morgan fingerprint density at radius 3 is 2.52 bits per heavy atom. The molecule has 4 rings (SSSR count). The van der Waals surface area contributed by atoms with Gasteiger partial charge in [0.25, 0.3) is 0 Å². The lowest BCUT2D eigenvalue weighted by Gasteiger charge is -2.37. The molecule has 1 aliphatic rings. The lowest BCUT2D eigenvalue weighted by atomic mass is 9.89. The molecule has 1 aliphatic heterocycles. The number of rotatable bonds is 7. The highest BCUT2D eigenvalue weighted by atomic mass is 32.1. The van der Waals surface area contributed by atoms with Gasteiger partial charge in [0.2, 0.25) is 0 Å². The molecule has 0 saturated carbocycles. The van der Waals surface area contributed by atoms with E-state index < -0.39 is 0 Å². The van der Waals surface area contributed by atoms with E-state index in [4.69, 9.17) is 0 Å². The molecular weight excluding hydrogens is 378 g/mol. The van der Waals surface area contributed by atoms with Crippen LogP contribution in [0.1, 0.15) is 62.3 Å². The standard InChI is InChI=1S/C23H31N5S/c1-4-23(2,3)28-22(24-25-26-28)21(20-11-8-16-29-20)27-14-12-19(13-15-27)17-18-9-6-5-7-10-18/h5-11,16,19,21H,4,12-15,17H2,1-3H3/t21-/m0/s1. The van der Waals surface area contributed by atoms with E-state index in [1.165, 1.54) is 29.7 Å². The van der Waals surface area contributed by atoms with E-state index in [9.17, 15) is 0 Å². The first-order valence-electron chi connectivity index (χ1n) is 10.7. The summed E-state index contributed by atoms with van der Waals surface area (Å²) < 4.78 is 2.05. The second kappa shape index (κ2) is 8.76. The van der Waals surface area contributed by atoms with Crippen molar-refractivity contribution in [3.05, 3.63) is 64.1 Å². The molecule has 3 heterocycles. The number of piperidine rings is 1. The molecule has 2 aromatic heterocycles. The fourth-order valence-corrected chi connectivity index (χ4v) is 5.08. The van der Waals surface area contributed by atoms with E-state index in [1.807, 2.05) is 4.68 Å². The minimum absolute atomic E-state index is 0.0972. The Bertz CT molecular complexity index is 879. The van der Waals surface area contributed by atoms with E-state index in [-0.39, 0.29) is 11.6 Å². The summed E-state index contributed by atoms with van der Waals surface area (Å²) in [6.45, 7) is 8.79. The van der Waals surface area contributed by atoms with E-state index >= 15 is 0 Å². The second-order valence-corrected chi connectivity index (χ2v) is 9.68. The molecule has 0 unspecified atom stereocenters. The molecule has 29 heavy (non-hydrogen) atoms. The Morgan fingerprint density at radius 2 is 1.86 bits per heavy atom. The number of benzene rings is 1. The Morgan fingerprint density at radius 1 is 1.10 bits per heavy atom. The molecule has 1 saturated heterocycles. The van der Waals surface area contributed by atoms with E-state index in [0.29, 0.717) is 0 Å². The van der Waals surface area contributed by atoms with Crippen molar-refractivity contribution in [2.45, 2.75) is 58.0 Å². The summed E-state index contributed by atoms with van der Waals surface area (Å²) in [6, 6.07) is 15.4. The lowest BCUT2D eigenvalue weighted by molar-refractivity contribution is 0.139. The lowest BCUT2D eigenvalue weighted by Crippen LogP contribution is -2.40. The number of hydrogen-bond donors (Lipinski definition) is 0. The molecule has 1 aromatic carbocycles. The largest absolute Gasteiger partial charge is 0.289 e. The molecular formula is C23H31N5S. The molecule has 154 valence electrons. The predicted molar refractivity (Wildman–Crippen MR) is 118 cm³/mol. The molecule has 1 atom stereocenters. The van der Waals surface area contributed by atoms with Crippen LogP contribution >= 0.6 is 11.3 Å². The van der Waals surface area contributed by atoms with Crippen LogP contribution < -0.4 is 0 Å². The molecule has 5 nitrogen and oxygen atoms in total. The summed E-state index contributed by atoms with van der Waals surface area (Å²) in [7, 11) is 0. The van der Waals surface area contributed by atoms with Gasteiger partial charge in [0, 0.05) is 4.88 Å². The minimum atomic E-state index is -0.0972. The fourth-order valence-electron chi connectivity index (χ4n) is 4.23. The fraction of sp³-hybridized carbons (Fsp3) is 0.522. The van der Waals surface area contributed by atoms with Gasteiger partial charge in [0.1, 0.15) is 6.04 Å². The zero-order valence-electron chi connectivity index (χ0n) is 17.7. The van der Waals surface area contributed by atoms with Crippen LogP contribution in [0.25, 0.3) is 0 Å². The van der Waals surface area contributed by atoms with Gasteiger partial charge in [-0.15, -0.1) is 16.4 Å². The smallest absolute Gasteiger partial charge is 0.174 e. The second-order valence-electron chi connectivity index (χ2n) is 8.70. The van der Waals surface area contributed by atoms with Crippen LogP contribution in [-0.2, 0) is 12.0 Å². The summed E-state index contributed by atoms with van der Waals surface area (Å²) in [5, 5.41) is 15.1. The molecule has 3 aromatic rings. The Balaban J connectivity index is 1.54. The van der Waals surface area contributed by atoms with E-state index in [2.05, 4.69) is 89.0 Å². The van der Waals surface area contributed by atoms with Gasteiger partial charge >= 0.3 is 0 Å². The van der Waals surface area contributed by atoms with Crippen LogP contribution in [0.15, 0.2) is 47.8 Å². The van der Waals surface area contributed by atoms with Gasteiger partial charge < -0.3 is 0 Å². The van der Waals surface area contributed by atoms with Crippen molar-refractivity contribution in [1.29, 1.82) is 0 Å². The third kappa shape index (κ3) is 4.43. The molecule has 0 amide bonds. The van der Waals surface area contributed by atoms with Gasteiger partial charge in [-0.1, -0.05) is 43.3 Å². The first kappa shape index (κ1) is 20.2. The maximum absolute atomic E-state index is 4.52. The number of tetrazole rings is 1. The zero-order chi connectivity index (χ0) is 20.3. The van der Waals surface area contributed by atoms with Crippen LogP contribution in [0.5, 0.6) is 0 Å². The van der Waals surface area contributed by atoms with Crippen LogP contribution in [0.3, 0.4) is 0 Å². The molecule has 0 radical (unpaired) electrons. The number of hydrogen-bond acceptors (Lipinski definition) is 5. The SMILES string of the molecule is CCC(C)(C)n1nnnc1[C@H](c1cccs1)N1CCC(Cc2ccccc2)CC1. The third-order valence-corrected chi connectivity index (χ3v) is 7.30. The molecule has 1 fully saturated rings. The van der Waals surface area contributed by atoms with Gasteiger partial charge in [-0.05, 0) is 86.0 Å². The summed E-state index contributed by atoms with van der Waals surface area (Å²) in [5.41, 5.74) is 1.36. The summed E-state index contributed by atoms with van der Waals surface area (Å²) >= 11 is 1.80. The molecule has 0 aliphatic carbocycles. The van der Waals surface area contributed by atoms with Crippen molar-refractivity contribution in [2.24, 2.45) is 5.92 Å². The van der Waals surface area contributed by atoms with Crippen LogP contribution in [0.2, 0.25) is 0 Å². The molecule has 0 spiro atoms. The van der Waals surface area contributed by atoms with Crippen molar-refractivity contribution >= 4 is 11.3 Å². The average molecular weight is 410 g/mol. The van der Waals surface area contributed by atoms with Crippen LogP contribution in [0.4, 0.5) is 0 Å².